The Labute approximate surface area is 86.2 Å². The Bertz CT molecular complexity index is 215. The minimum atomic E-state index is -1.68. The Morgan fingerprint density at radius 1 is 1.27 bits per heavy atom. The molecule has 0 fully saturated rings. The first-order valence-corrected chi connectivity index (χ1v) is 4.23. The van der Waals surface area contributed by atoms with Crippen LogP contribution in [0.2, 0.25) is 0 Å². The van der Waals surface area contributed by atoms with E-state index >= 15 is 0 Å². The number of aliphatic hydroxyl groups excluding tert-OH is 3. The predicted molar refractivity (Wildman–Crippen MR) is 46.4 cm³/mol. The summed E-state index contributed by atoms with van der Waals surface area (Å²) in [6.45, 7) is 2.26. The molecule has 88 valence electrons. The van der Waals surface area contributed by atoms with E-state index in [1.807, 2.05) is 0 Å². The Balaban J connectivity index is 4.26. The standard InChI is InChI=1S/C8H14O7/c1-4(10)7(12)8(13)6(3-9)15-14-5(2)11/h3-4,6-8,10,12-13H,1-2H3/t4-,6-,7-,8-/m0/s1. The number of hydrogen-bond acceptors (Lipinski definition) is 7. The van der Waals surface area contributed by atoms with Gasteiger partial charge in [-0.1, -0.05) is 0 Å². The molecule has 3 N–H and O–H groups in total. The van der Waals surface area contributed by atoms with E-state index in [2.05, 4.69) is 9.78 Å². The van der Waals surface area contributed by atoms with Crippen molar-refractivity contribution in [2.24, 2.45) is 0 Å². The molecule has 4 atom stereocenters. The van der Waals surface area contributed by atoms with E-state index in [1.165, 1.54) is 6.92 Å². The summed E-state index contributed by atoms with van der Waals surface area (Å²) >= 11 is 0. The summed E-state index contributed by atoms with van der Waals surface area (Å²) in [6.07, 6.45) is -5.89. The minimum absolute atomic E-state index is 0.152. The van der Waals surface area contributed by atoms with Crippen molar-refractivity contribution in [1.82, 2.24) is 0 Å². The van der Waals surface area contributed by atoms with Crippen molar-refractivity contribution in [2.45, 2.75) is 38.3 Å². The Morgan fingerprint density at radius 3 is 2.13 bits per heavy atom. The molecule has 0 bridgehead atoms. The number of hydrogen-bond donors (Lipinski definition) is 3. The number of carbonyl (C=O) groups excluding carboxylic acids is 2. The second-order valence-corrected chi connectivity index (χ2v) is 2.99. The van der Waals surface area contributed by atoms with Crippen LogP contribution in [0.15, 0.2) is 0 Å². The first-order valence-electron chi connectivity index (χ1n) is 4.23. The van der Waals surface area contributed by atoms with Gasteiger partial charge in [-0.15, -0.1) is 0 Å². The van der Waals surface area contributed by atoms with Gasteiger partial charge < -0.3 is 20.1 Å². The van der Waals surface area contributed by atoms with Gasteiger partial charge in [-0.25, -0.2) is 4.79 Å². The fourth-order valence-electron chi connectivity index (χ4n) is 0.763. The Kier molecular flexibility index (Phi) is 6.02. The SMILES string of the molecule is CC(=O)OO[C@@H](C=O)[C@H](O)[C@@H](O)[C@H](C)O. The third-order valence-corrected chi connectivity index (χ3v) is 1.59. The van der Waals surface area contributed by atoms with Crippen LogP contribution in [0.25, 0.3) is 0 Å². The Morgan fingerprint density at radius 2 is 1.80 bits per heavy atom. The maximum absolute atomic E-state index is 10.4. The van der Waals surface area contributed by atoms with Gasteiger partial charge in [-0.05, 0) is 6.92 Å². The summed E-state index contributed by atoms with van der Waals surface area (Å²) in [5, 5.41) is 27.4. The predicted octanol–water partition coefficient (Wildman–Crippen LogP) is -1.85. The maximum Gasteiger partial charge on any atom is 0.339 e. The van der Waals surface area contributed by atoms with Gasteiger partial charge in [0.15, 0.2) is 12.4 Å². The lowest BCUT2D eigenvalue weighted by Crippen LogP contribution is -2.45. The van der Waals surface area contributed by atoms with Crippen LogP contribution >= 0.6 is 0 Å². The summed E-state index contributed by atoms with van der Waals surface area (Å²) in [7, 11) is 0. The lowest BCUT2D eigenvalue weighted by Gasteiger charge is -2.23. The van der Waals surface area contributed by atoms with Crippen LogP contribution in [-0.2, 0) is 19.4 Å². The van der Waals surface area contributed by atoms with Gasteiger partial charge in [0.25, 0.3) is 0 Å². The average Bonchev–Trinajstić information content (AvgIpc) is 2.16. The molecule has 0 unspecified atom stereocenters. The molecule has 0 aliphatic heterocycles. The smallest absolute Gasteiger partial charge is 0.339 e. The van der Waals surface area contributed by atoms with Crippen LogP contribution in [0.1, 0.15) is 13.8 Å². The van der Waals surface area contributed by atoms with Gasteiger partial charge in [0.2, 0.25) is 0 Å². The number of aldehydes is 1. The largest absolute Gasteiger partial charge is 0.391 e. The van der Waals surface area contributed by atoms with Gasteiger partial charge in [-0.2, -0.15) is 4.89 Å². The lowest BCUT2D eigenvalue weighted by atomic mass is 10.1. The highest BCUT2D eigenvalue weighted by molar-refractivity contribution is 5.65. The van der Waals surface area contributed by atoms with E-state index in [1.54, 1.807) is 0 Å². The van der Waals surface area contributed by atoms with Crippen molar-refractivity contribution in [1.29, 1.82) is 0 Å². The fourth-order valence-corrected chi connectivity index (χ4v) is 0.763. The summed E-state index contributed by atoms with van der Waals surface area (Å²) < 4.78 is 0. The maximum atomic E-state index is 10.4. The van der Waals surface area contributed by atoms with Crippen molar-refractivity contribution in [3.05, 3.63) is 0 Å². The summed E-state index contributed by atoms with van der Waals surface area (Å²) in [4.78, 5) is 29.0. The molecule has 0 aromatic rings. The normalized spacial score (nSPS) is 18.7. The second kappa shape index (κ2) is 6.46. The van der Waals surface area contributed by atoms with E-state index in [-0.39, 0.29) is 6.29 Å². The van der Waals surface area contributed by atoms with Gasteiger partial charge in [0.05, 0.1) is 6.10 Å². The minimum Gasteiger partial charge on any atom is -0.391 e. The molecule has 0 aromatic heterocycles. The molecular formula is C8H14O7. The molecule has 0 aliphatic carbocycles. The number of aliphatic hydroxyl groups is 3. The van der Waals surface area contributed by atoms with Gasteiger partial charge in [0.1, 0.15) is 12.2 Å². The van der Waals surface area contributed by atoms with Crippen molar-refractivity contribution < 1.29 is 34.7 Å². The monoisotopic (exact) mass is 222 g/mol. The molecule has 0 aromatic carbocycles. The van der Waals surface area contributed by atoms with E-state index in [0.29, 0.717) is 0 Å². The highest BCUT2D eigenvalue weighted by Crippen LogP contribution is 2.07. The molecule has 7 heteroatoms. The molecule has 0 aliphatic rings. The van der Waals surface area contributed by atoms with E-state index in [9.17, 15) is 19.8 Å². The van der Waals surface area contributed by atoms with Crippen molar-refractivity contribution in [2.75, 3.05) is 0 Å². The first kappa shape index (κ1) is 14.0. The lowest BCUT2D eigenvalue weighted by molar-refractivity contribution is -0.305. The third kappa shape index (κ3) is 4.84. The van der Waals surface area contributed by atoms with E-state index in [4.69, 9.17) is 5.11 Å². The molecule has 0 saturated carbocycles. The zero-order valence-electron chi connectivity index (χ0n) is 8.36. The van der Waals surface area contributed by atoms with Crippen LogP contribution in [-0.4, -0.2) is 52.0 Å². The molecular weight excluding hydrogens is 208 g/mol. The molecule has 0 saturated heterocycles. The van der Waals surface area contributed by atoms with Gasteiger partial charge in [-0.3, -0.25) is 4.89 Å². The number of rotatable bonds is 6. The van der Waals surface area contributed by atoms with Gasteiger partial charge >= 0.3 is 5.97 Å². The second-order valence-electron chi connectivity index (χ2n) is 2.99. The quantitative estimate of drug-likeness (QED) is 0.274. The summed E-state index contributed by atoms with van der Waals surface area (Å²) in [5.74, 6) is -0.805. The summed E-state index contributed by atoms with van der Waals surface area (Å²) in [5.41, 5.74) is 0. The molecule has 0 spiro atoms. The molecule has 0 radical (unpaired) electrons. The summed E-state index contributed by atoms with van der Waals surface area (Å²) in [6, 6.07) is 0. The van der Waals surface area contributed by atoms with Crippen LogP contribution in [0, 0.1) is 0 Å². The van der Waals surface area contributed by atoms with Gasteiger partial charge in [0, 0.05) is 6.92 Å². The highest BCUT2D eigenvalue weighted by atomic mass is 17.2. The topological polar surface area (TPSA) is 113 Å². The van der Waals surface area contributed by atoms with Crippen LogP contribution in [0.4, 0.5) is 0 Å². The van der Waals surface area contributed by atoms with Crippen molar-refractivity contribution >= 4 is 12.3 Å². The third-order valence-electron chi connectivity index (χ3n) is 1.59. The fraction of sp³-hybridized carbons (Fsp3) is 0.750. The van der Waals surface area contributed by atoms with Crippen LogP contribution in [0.5, 0.6) is 0 Å². The molecule has 7 nitrogen and oxygen atoms in total. The van der Waals surface area contributed by atoms with Crippen molar-refractivity contribution in [3.8, 4) is 0 Å². The highest BCUT2D eigenvalue weighted by Gasteiger charge is 2.31. The zero-order chi connectivity index (χ0) is 12.0. The number of carbonyl (C=O) groups is 2. The molecule has 0 heterocycles. The molecule has 15 heavy (non-hydrogen) atoms. The van der Waals surface area contributed by atoms with Crippen LogP contribution in [0.3, 0.4) is 0 Å². The van der Waals surface area contributed by atoms with E-state index in [0.717, 1.165) is 6.92 Å². The first-order chi connectivity index (χ1) is 6.90. The van der Waals surface area contributed by atoms with E-state index < -0.39 is 30.4 Å². The van der Waals surface area contributed by atoms with Crippen molar-refractivity contribution in [3.63, 3.8) is 0 Å². The zero-order valence-corrected chi connectivity index (χ0v) is 8.36. The average molecular weight is 222 g/mol. The van der Waals surface area contributed by atoms with Crippen LogP contribution < -0.4 is 0 Å². The Hall–Kier alpha value is -1.02. The molecule has 0 amide bonds. The molecule has 0 rings (SSSR count).